The highest BCUT2D eigenvalue weighted by atomic mass is 31.1. The number of hydrogen-bond donors (Lipinski definition) is 0. The summed E-state index contributed by atoms with van der Waals surface area (Å²) in [4.78, 5) is 0. The van der Waals surface area contributed by atoms with Crippen LogP contribution in [0.4, 0.5) is 0 Å². The molecule has 0 spiro atoms. The molecule has 2 aliphatic carbocycles. The summed E-state index contributed by atoms with van der Waals surface area (Å²) in [6.07, 6.45) is 4.87. The number of fused-ring (bicyclic) bond motifs is 4. The molecule has 0 saturated heterocycles. The summed E-state index contributed by atoms with van der Waals surface area (Å²) in [5, 5.41) is 3.58. The highest BCUT2D eigenvalue weighted by molar-refractivity contribution is 7.56. The van der Waals surface area contributed by atoms with Gasteiger partial charge in [0.1, 0.15) is 0 Å². The Balaban J connectivity index is 2.23. The van der Waals surface area contributed by atoms with Gasteiger partial charge in [-0.2, -0.15) is 0 Å². The molecular formula is C10H13P. The molecule has 0 nitrogen and oxygen atoms in total. The minimum absolute atomic E-state index is 0.450. The van der Waals surface area contributed by atoms with Crippen LogP contribution in [0.1, 0.15) is 20.8 Å². The fourth-order valence-electron chi connectivity index (χ4n) is 2.68. The summed E-state index contributed by atoms with van der Waals surface area (Å²) < 4.78 is 0. The zero-order valence-corrected chi connectivity index (χ0v) is 8.23. The fourth-order valence-corrected chi connectivity index (χ4v) is 4.58. The van der Waals surface area contributed by atoms with E-state index >= 15 is 0 Å². The Kier molecular flexibility index (Phi) is 0.804. The van der Waals surface area contributed by atoms with Gasteiger partial charge in [-0.1, -0.05) is 41.5 Å². The molecule has 0 aromatic heterocycles. The first kappa shape index (κ1) is 6.43. The van der Waals surface area contributed by atoms with Crippen LogP contribution in [-0.2, 0) is 0 Å². The third kappa shape index (κ3) is 0.455. The molecule has 3 rings (SSSR count). The monoisotopic (exact) mass is 164 g/mol. The molecular weight excluding hydrogens is 151 g/mol. The van der Waals surface area contributed by atoms with Gasteiger partial charge >= 0.3 is 0 Å². The first-order valence-corrected chi connectivity index (χ1v) is 5.28. The molecule has 0 saturated carbocycles. The molecule has 0 radical (unpaired) electrons. The molecule has 0 aromatic carbocycles. The number of hydrogen-bond acceptors (Lipinski definition) is 0. The van der Waals surface area contributed by atoms with Gasteiger partial charge < -0.3 is 0 Å². The summed E-state index contributed by atoms with van der Waals surface area (Å²) in [6.45, 7) is 7.23. The molecule has 1 heterocycles. The predicted molar refractivity (Wildman–Crippen MR) is 49.9 cm³/mol. The van der Waals surface area contributed by atoms with E-state index in [0.29, 0.717) is 10.8 Å². The van der Waals surface area contributed by atoms with Crippen LogP contribution >= 0.6 is 8.58 Å². The van der Waals surface area contributed by atoms with Crippen LogP contribution in [0.2, 0.25) is 0 Å². The van der Waals surface area contributed by atoms with Crippen LogP contribution in [0.15, 0.2) is 22.8 Å². The molecule has 1 aliphatic heterocycles. The summed E-state index contributed by atoms with van der Waals surface area (Å²) in [5.74, 6) is 0.806. The maximum atomic E-state index is 2.44. The van der Waals surface area contributed by atoms with E-state index in [4.69, 9.17) is 0 Å². The van der Waals surface area contributed by atoms with E-state index in [2.05, 4.69) is 32.9 Å². The highest BCUT2D eigenvalue weighted by Gasteiger charge is 2.62. The van der Waals surface area contributed by atoms with Crippen molar-refractivity contribution in [3.05, 3.63) is 22.8 Å². The average molecular weight is 164 g/mol. The molecule has 1 heteroatoms. The zero-order chi connectivity index (χ0) is 7.85. The van der Waals surface area contributed by atoms with Crippen molar-refractivity contribution >= 4 is 8.58 Å². The van der Waals surface area contributed by atoms with E-state index in [-0.39, 0.29) is 0 Å². The second-order valence-electron chi connectivity index (χ2n) is 4.67. The van der Waals surface area contributed by atoms with Gasteiger partial charge in [0, 0.05) is 11.3 Å². The third-order valence-electron chi connectivity index (χ3n) is 4.03. The van der Waals surface area contributed by atoms with Crippen LogP contribution in [0.3, 0.4) is 0 Å². The molecule has 11 heavy (non-hydrogen) atoms. The Labute approximate surface area is 69.5 Å². The topological polar surface area (TPSA) is 0 Å². The molecule has 3 aliphatic rings. The van der Waals surface area contributed by atoms with Crippen LogP contribution in [0.5, 0.6) is 0 Å². The van der Waals surface area contributed by atoms with Gasteiger partial charge in [-0.25, -0.2) is 0 Å². The van der Waals surface area contributed by atoms with E-state index in [1.54, 1.807) is 10.6 Å². The first-order valence-electron chi connectivity index (χ1n) is 4.28. The standard InChI is InChI=1S/C10H13P/c1-9(2)6-4-5-10(9,3)8-7(6)11-8/h4-6,11H,1-3H3. The van der Waals surface area contributed by atoms with Gasteiger partial charge in [0.15, 0.2) is 0 Å². The molecule has 58 valence electrons. The Morgan fingerprint density at radius 3 is 2.45 bits per heavy atom. The molecule has 3 atom stereocenters. The molecule has 0 aromatic rings. The number of rotatable bonds is 0. The van der Waals surface area contributed by atoms with E-state index in [1.165, 1.54) is 0 Å². The minimum Gasteiger partial charge on any atom is -0.0795 e. The van der Waals surface area contributed by atoms with E-state index in [0.717, 1.165) is 14.5 Å². The first-order chi connectivity index (χ1) is 5.07. The van der Waals surface area contributed by atoms with E-state index in [9.17, 15) is 0 Å². The van der Waals surface area contributed by atoms with Gasteiger partial charge in [0.05, 0.1) is 0 Å². The average Bonchev–Trinajstić information content (AvgIpc) is 2.60. The summed E-state index contributed by atoms with van der Waals surface area (Å²) in [5.41, 5.74) is 0.953. The normalized spacial score (nSPS) is 50.6. The number of allylic oxidation sites excluding steroid dienone is 4. The van der Waals surface area contributed by atoms with Crippen molar-refractivity contribution in [1.29, 1.82) is 0 Å². The van der Waals surface area contributed by atoms with Crippen LogP contribution in [0, 0.1) is 16.7 Å². The van der Waals surface area contributed by atoms with Crippen molar-refractivity contribution in [2.45, 2.75) is 20.8 Å². The Hall–Kier alpha value is -0.0900. The van der Waals surface area contributed by atoms with E-state index < -0.39 is 0 Å². The summed E-state index contributed by atoms with van der Waals surface area (Å²) in [7, 11) is 1.12. The van der Waals surface area contributed by atoms with Crippen molar-refractivity contribution in [2.75, 3.05) is 0 Å². The molecule has 0 amide bonds. The van der Waals surface area contributed by atoms with Crippen molar-refractivity contribution in [3.63, 3.8) is 0 Å². The second kappa shape index (κ2) is 1.38. The SMILES string of the molecule is CC12C=CC(C3=C1P3)C2(C)C. The highest BCUT2D eigenvalue weighted by Crippen LogP contribution is 2.81. The zero-order valence-electron chi connectivity index (χ0n) is 7.23. The second-order valence-corrected chi connectivity index (χ2v) is 5.96. The van der Waals surface area contributed by atoms with Crippen molar-refractivity contribution in [2.24, 2.45) is 16.7 Å². The summed E-state index contributed by atoms with van der Waals surface area (Å²) >= 11 is 0. The van der Waals surface area contributed by atoms with Gasteiger partial charge in [-0.3, -0.25) is 0 Å². The lowest BCUT2D eigenvalue weighted by atomic mass is 9.70. The van der Waals surface area contributed by atoms with Crippen LogP contribution < -0.4 is 0 Å². The Morgan fingerprint density at radius 2 is 2.09 bits per heavy atom. The van der Waals surface area contributed by atoms with Gasteiger partial charge in [0.2, 0.25) is 0 Å². The molecule has 0 N–H and O–H groups in total. The Bertz CT molecular complexity index is 309. The Morgan fingerprint density at radius 1 is 1.36 bits per heavy atom. The van der Waals surface area contributed by atoms with Crippen LogP contribution in [-0.4, -0.2) is 0 Å². The van der Waals surface area contributed by atoms with Gasteiger partial charge in [0.25, 0.3) is 0 Å². The van der Waals surface area contributed by atoms with Crippen molar-refractivity contribution in [3.8, 4) is 0 Å². The van der Waals surface area contributed by atoms with Crippen LogP contribution in [0.25, 0.3) is 0 Å². The van der Waals surface area contributed by atoms with Gasteiger partial charge in [-0.05, 0) is 16.0 Å². The summed E-state index contributed by atoms with van der Waals surface area (Å²) in [6, 6.07) is 0. The third-order valence-corrected chi connectivity index (χ3v) is 5.65. The van der Waals surface area contributed by atoms with Crippen molar-refractivity contribution in [1.82, 2.24) is 0 Å². The lowest BCUT2D eigenvalue weighted by Gasteiger charge is -2.37. The fraction of sp³-hybridized carbons (Fsp3) is 0.600. The lowest BCUT2D eigenvalue weighted by Crippen LogP contribution is -2.30. The molecule has 3 unspecified atom stereocenters. The largest absolute Gasteiger partial charge is 0.0795 e. The van der Waals surface area contributed by atoms with E-state index in [1.807, 2.05) is 0 Å². The maximum absolute atomic E-state index is 2.44. The predicted octanol–water partition coefficient (Wildman–Crippen LogP) is 3.12. The molecule has 2 bridgehead atoms. The smallest absolute Gasteiger partial charge is 0.0172 e. The maximum Gasteiger partial charge on any atom is 0.0172 e. The quantitative estimate of drug-likeness (QED) is 0.381. The van der Waals surface area contributed by atoms with Gasteiger partial charge in [-0.15, -0.1) is 0 Å². The van der Waals surface area contributed by atoms with Crippen molar-refractivity contribution < 1.29 is 0 Å². The minimum atomic E-state index is 0.450. The lowest BCUT2D eigenvalue weighted by molar-refractivity contribution is 0.200. The molecule has 0 fully saturated rings.